The average Bonchev–Trinajstić information content (AvgIpc) is 2.36. The van der Waals surface area contributed by atoms with E-state index in [1.165, 1.54) is 0 Å². The van der Waals surface area contributed by atoms with Crippen molar-refractivity contribution in [3.05, 3.63) is 12.2 Å². The molecule has 1 nitrogen and oxygen atoms in total. The van der Waals surface area contributed by atoms with Crippen LogP contribution in [0.2, 0.25) is 0 Å². The predicted octanol–water partition coefficient (Wildman–Crippen LogP) is 2.18. The molecule has 1 aliphatic rings. The number of hydrogen-bond acceptors (Lipinski definition) is 2. The Bertz CT molecular complexity index is 144. The molecule has 0 aromatic rings. The molecule has 0 radical (unpaired) electrons. The van der Waals surface area contributed by atoms with Crippen LogP contribution in [-0.4, -0.2) is 16.5 Å². The molecule has 1 aliphatic carbocycles. The summed E-state index contributed by atoms with van der Waals surface area (Å²) in [7, 11) is 0. The summed E-state index contributed by atoms with van der Waals surface area (Å²) in [6, 6.07) is 0. The van der Waals surface area contributed by atoms with E-state index in [1.54, 1.807) is 0 Å². The van der Waals surface area contributed by atoms with E-state index in [0.717, 1.165) is 19.4 Å². The molecule has 64 valence electrons. The first-order chi connectivity index (χ1) is 5.18. The molecule has 1 rings (SSSR count). The molecular formula is C9H17NS. The minimum atomic E-state index is 0.341. The Kier molecular flexibility index (Phi) is 3.02. The molecular weight excluding hydrogens is 154 g/mol. The summed E-state index contributed by atoms with van der Waals surface area (Å²) >= 11 is 2.02. The van der Waals surface area contributed by atoms with Gasteiger partial charge in [0.25, 0.3) is 0 Å². The molecule has 0 spiro atoms. The first kappa shape index (κ1) is 9.14. The first-order valence-electron chi connectivity index (χ1n) is 4.21. The monoisotopic (exact) mass is 171 g/mol. The van der Waals surface area contributed by atoms with Gasteiger partial charge in [0, 0.05) is 11.3 Å². The molecule has 0 atom stereocenters. The van der Waals surface area contributed by atoms with Crippen LogP contribution in [0.1, 0.15) is 26.7 Å². The number of allylic oxidation sites excluding steroid dienone is 2. The third-order valence-corrected chi connectivity index (χ3v) is 3.48. The van der Waals surface area contributed by atoms with E-state index in [0.29, 0.717) is 10.00 Å². The van der Waals surface area contributed by atoms with Gasteiger partial charge < -0.3 is 5.73 Å². The lowest BCUT2D eigenvalue weighted by atomic mass is 10.1. The molecule has 0 saturated heterocycles. The highest BCUT2D eigenvalue weighted by Gasteiger charge is 2.30. The second-order valence-corrected chi connectivity index (χ2v) is 5.48. The fourth-order valence-electron chi connectivity index (χ4n) is 1.49. The topological polar surface area (TPSA) is 26.0 Å². The molecule has 0 saturated carbocycles. The van der Waals surface area contributed by atoms with Crippen molar-refractivity contribution in [2.75, 3.05) is 6.54 Å². The minimum absolute atomic E-state index is 0.341. The second kappa shape index (κ2) is 3.63. The summed E-state index contributed by atoms with van der Waals surface area (Å²) < 4.78 is 0.341. The van der Waals surface area contributed by atoms with Crippen LogP contribution in [0.4, 0.5) is 0 Å². The molecule has 11 heavy (non-hydrogen) atoms. The first-order valence-corrected chi connectivity index (χ1v) is 5.09. The zero-order valence-corrected chi connectivity index (χ0v) is 8.16. The maximum atomic E-state index is 5.76. The summed E-state index contributed by atoms with van der Waals surface area (Å²) in [6.07, 6.45) is 6.82. The zero-order valence-electron chi connectivity index (χ0n) is 7.34. The van der Waals surface area contributed by atoms with E-state index in [-0.39, 0.29) is 0 Å². The Balaban J connectivity index is 2.48. The lowest BCUT2D eigenvalue weighted by Gasteiger charge is -2.28. The van der Waals surface area contributed by atoms with Crippen molar-refractivity contribution in [1.29, 1.82) is 0 Å². The van der Waals surface area contributed by atoms with Crippen LogP contribution in [0.5, 0.6) is 0 Å². The highest BCUT2D eigenvalue weighted by atomic mass is 32.2. The van der Waals surface area contributed by atoms with Crippen molar-refractivity contribution in [2.45, 2.75) is 36.7 Å². The van der Waals surface area contributed by atoms with E-state index in [9.17, 15) is 0 Å². The quantitative estimate of drug-likeness (QED) is 0.659. The van der Waals surface area contributed by atoms with Crippen LogP contribution in [0.15, 0.2) is 12.2 Å². The Morgan fingerprint density at radius 1 is 1.45 bits per heavy atom. The Labute approximate surface area is 73.4 Å². The normalized spacial score (nSPS) is 21.5. The highest BCUT2D eigenvalue weighted by Crippen LogP contribution is 2.38. The van der Waals surface area contributed by atoms with E-state index < -0.39 is 0 Å². The van der Waals surface area contributed by atoms with Gasteiger partial charge in [-0.2, -0.15) is 11.8 Å². The van der Waals surface area contributed by atoms with Crippen molar-refractivity contribution in [2.24, 2.45) is 5.73 Å². The van der Waals surface area contributed by atoms with Gasteiger partial charge in [0.2, 0.25) is 0 Å². The van der Waals surface area contributed by atoms with Crippen LogP contribution in [-0.2, 0) is 0 Å². The van der Waals surface area contributed by atoms with Gasteiger partial charge in [-0.1, -0.05) is 26.0 Å². The van der Waals surface area contributed by atoms with Gasteiger partial charge in [-0.3, -0.25) is 0 Å². The van der Waals surface area contributed by atoms with Crippen LogP contribution >= 0.6 is 11.8 Å². The van der Waals surface area contributed by atoms with Gasteiger partial charge in [0.15, 0.2) is 0 Å². The van der Waals surface area contributed by atoms with Crippen LogP contribution in [0.25, 0.3) is 0 Å². The van der Waals surface area contributed by atoms with Gasteiger partial charge in [-0.05, 0) is 18.1 Å². The summed E-state index contributed by atoms with van der Waals surface area (Å²) in [4.78, 5) is 0. The lowest BCUT2D eigenvalue weighted by Crippen LogP contribution is -2.32. The summed E-state index contributed by atoms with van der Waals surface area (Å²) in [5.41, 5.74) is 5.76. The van der Waals surface area contributed by atoms with Crippen molar-refractivity contribution in [3.8, 4) is 0 Å². The van der Waals surface area contributed by atoms with Gasteiger partial charge >= 0.3 is 0 Å². The molecule has 0 aromatic heterocycles. The molecule has 0 bridgehead atoms. The summed E-state index contributed by atoms with van der Waals surface area (Å²) in [6.45, 7) is 5.28. The minimum Gasteiger partial charge on any atom is -0.329 e. The molecule has 0 fully saturated rings. The van der Waals surface area contributed by atoms with Crippen LogP contribution < -0.4 is 5.73 Å². The predicted molar refractivity (Wildman–Crippen MR) is 52.9 cm³/mol. The summed E-state index contributed by atoms with van der Waals surface area (Å²) in [5, 5.41) is 0.693. The number of nitrogens with two attached hydrogens (primary N) is 1. The van der Waals surface area contributed by atoms with E-state index in [2.05, 4.69) is 26.0 Å². The molecule has 0 aliphatic heterocycles. The fourth-order valence-corrected chi connectivity index (χ4v) is 2.97. The number of hydrogen-bond donors (Lipinski definition) is 1. The molecule has 0 aromatic carbocycles. The lowest BCUT2D eigenvalue weighted by molar-refractivity contribution is 0.638. The second-order valence-electron chi connectivity index (χ2n) is 3.43. The SMILES string of the molecule is CC(C)SC1(CN)CC=CC1. The van der Waals surface area contributed by atoms with Gasteiger partial charge in [0.05, 0.1) is 0 Å². The molecule has 0 amide bonds. The number of rotatable bonds is 3. The van der Waals surface area contributed by atoms with Gasteiger partial charge in [0.1, 0.15) is 0 Å². The standard InChI is InChI=1S/C9H17NS/c1-8(2)11-9(7-10)5-3-4-6-9/h3-4,8H,5-7,10H2,1-2H3. The summed E-state index contributed by atoms with van der Waals surface area (Å²) in [5.74, 6) is 0. The molecule has 2 N–H and O–H groups in total. The van der Waals surface area contributed by atoms with E-state index in [1.807, 2.05) is 11.8 Å². The third-order valence-electron chi connectivity index (χ3n) is 2.00. The number of thioether (sulfide) groups is 1. The van der Waals surface area contributed by atoms with Crippen molar-refractivity contribution >= 4 is 11.8 Å². The molecule has 0 heterocycles. The van der Waals surface area contributed by atoms with Crippen molar-refractivity contribution < 1.29 is 0 Å². The van der Waals surface area contributed by atoms with Crippen molar-refractivity contribution in [3.63, 3.8) is 0 Å². The maximum absolute atomic E-state index is 5.76. The Morgan fingerprint density at radius 3 is 2.36 bits per heavy atom. The molecule has 0 unspecified atom stereocenters. The third kappa shape index (κ3) is 2.24. The zero-order chi connectivity index (χ0) is 8.32. The highest BCUT2D eigenvalue weighted by molar-refractivity contribution is 8.01. The Hall–Kier alpha value is 0.0500. The van der Waals surface area contributed by atoms with Gasteiger partial charge in [-0.25, -0.2) is 0 Å². The van der Waals surface area contributed by atoms with Crippen LogP contribution in [0, 0.1) is 0 Å². The maximum Gasteiger partial charge on any atom is 0.0353 e. The smallest absolute Gasteiger partial charge is 0.0353 e. The van der Waals surface area contributed by atoms with Crippen molar-refractivity contribution in [1.82, 2.24) is 0 Å². The largest absolute Gasteiger partial charge is 0.329 e. The fraction of sp³-hybridized carbons (Fsp3) is 0.778. The van der Waals surface area contributed by atoms with Crippen LogP contribution in [0.3, 0.4) is 0 Å². The average molecular weight is 171 g/mol. The van der Waals surface area contributed by atoms with E-state index >= 15 is 0 Å². The van der Waals surface area contributed by atoms with E-state index in [4.69, 9.17) is 5.73 Å². The van der Waals surface area contributed by atoms with Gasteiger partial charge in [-0.15, -0.1) is 0 Å². The Morgan fingerprint density at radius 2 is 2.00 bits per heavy atom. The molecule has 2 heteroatoms.